The van der Waals surface area contributed by atoms with Gasteiger partial charge in [-0.3, -0.25) is 14.4 Å². The number of carbonyl (C=O) groups excluding carboxylic acids is 3. The molecule has 0 spiro atoms. The Kier molecular flexibility index (Phi) is 7.50. The van der Waals surface area contributed by atoms with Crippen molar-refractivity contribution >= 4 is 17.8 Å². The Morgan fingerprint density at radius 1 is 1.19 bits per heavy atom. The van der Waals surface area contributed by atoms with E-state index in [2.05, 4.69) is 5.10 Å². The van der Waals surface area contributed by atoms with E-state index in [4.69, 9.17) is 9.47 Å². The summed E-state index contributed by atoms with van der Waals surface area (Å²) < 4.78 is 12.0. The Balaban J connectivity index is 1.59. The van der Waals surface area contributed by atoms with Gasteiger partial charge >= 0.3 is 5.97 Å². The summed E-state index contributed by atoms with van der Waals surface area (Å²) >= 11 is 0. The summed E-state index contributed by atoms with van der Waals surface area (Å²) in [7, 11) is 3.16. The molecular formula is C23H30N4O5. The predicted octanol–water partition coefficient (Wildman–Crippen LogP) is 2.06. The number of benzene rings is 1. The summed E-state index contributed by atoms with van der Waals surface area (Å²) in [6.45, 7) is 5.01. The first kappa shape index (κ1) is 23.3. The van der Waals surface area contributed by atoms with E-state index in [1.54, 1.807) is 42.9 Å². The molecule has 1 aliphatic heterocycles. The molecule has 9 heteroatoms. The number of aryl methyl sites for hydroxylation is 1. The number of carbonyl (C=O) groups is 3. The fourth-order valence-corrected chi connectivity index (χ4v) is 3.75. The van der Waals surface area contributed by atoms with Crippen molar-refractivity contribution in [1.82, 2.24) is 19.6 Å². The molecule has 32 heavy (non-hydrogen) atoms. The van der Waals surface area contributed by atoms with Crippen molar-refractivity contribution in [1.29, 1.82) is 0 Å². The van der Waals surface area contributed by atoms with Gasteiger partial charge in [-0.25, -0.2) is 4.68 Å². The molecule has 2 heterocycles. The molecule has 0 aliphatic carbocycles. The minimum Gasteiger partial charge on any atom is -0.494 e. The zero-order valence-corrected chi connectivity index (χ0v) is 19.0. The van der Waals surface area contributed by atoms with E-state index in [1.165, 1.54) is 4.90 Å². The fourth-order valence-electron chi connectivity index (χ4n) is 3.75. The number of methoxy groups -OCH3 is 1. The first-order chi connectivity index (χ1) is 15.3. The third-order valence-electron chi connectivity index (χ3n) is 5.58. The lowest BCUT2D eigenvalue weighted by Crippen LogP contribution is -2.45. The molecule has 9 nitrogen and oxygen atoms in total. The van der Waals surface area contributed by atoms with Gasteiger partial charge < -0.3 is 19.3 Å². The van der Waals surface area contributed by atoms with Crippen molar-refractivity contribution in [3.63, 3.8) is 0 Å². The lowest BCUT2D eigenvalue weighted by molar-refractivity contribution is -0.151. The summed E-state index contributed by atoms with van der Waals surface area (Å²) in [6, 6.07) is 7.33. The van der Waals surface area contributed by atoms with Crippen LogP contribution in [0.25, 0.3) is 5.69 Å². The largest absolute Gasteiger partial charge is 0.494 e. The average molecular weight is 443 g/mol. The zero-order valence-electron chi connectivity index (χ0n) is 19.0. The smallest absolute Gasteiger partial charge is 0.309 e. The van der Waals surface area contributed by atoms with Crippen molar-refractivity contribution in [2.45, 2.75) is 26.7 Å². The van der Waals surface area contributed by atoms with E-state index >= 15 is 0 Å². The predicted molar refractivity (Wildman–Crippen MR) is 118 cm³/mol. The van der Waals surface area contributed by atoms with Crippen molar-refractivity contribution in [2.75, 3.05) is 40.4 Å². The van der Waals surface area contributed by atoms with Crippen LogP contribution in [0.4, 0.5) is 0 Å². The molecule has 0 radical (unpaired) electrons. The number of hydrogen-bond acceptors (Lipinski definition) is 6. The number of nitrogens with zero attached hydrogens (tertiary/aromatic N) is 4. The van der Waals surface area contributed by atoms with Gasteiger partial charge in [0.2, 0.25) is 5.91 Å². The molecule has 0 unspecified atom stereocenters. The summed E-state index contributed by atoms with van der Waals surface area (Å²) in [5.41, 5.74) is 2.01. The van der Waals surface area contributed by atoms with Gasteiger partial charge in [-0.15, -0.1) is 0 Å². The summed E-state index contributed by atoms with van der Waals surface area (Å²) in [6.07, 6.45) is 2.84. The van der Waals surface area contributed by atoms with Crippen molar-refractivity contribution in [2.24, 2.45) is 5.92 Å². The van der Waals surface area contributed by atoms with E-state index in [0.717, 1.165) is 11.3 Å². The van der Waals surface area contributed by atoms with Gasteiger partial charge in [-0.2, -0.15) is 5.10 Å². The van der Waals surface area contributed by atoms with E-state index in [0.29, 0.717) is 38.3 Å². The van der Waals surface area contributed by atoms with E-state index in [1.807, 2.05) is 25.1 Å². The number of rotatable bonds is 7. The molecule has 0 atom stereocenters. The van der Waals surface area contributed by atoms with Gasteiger partial charge in [0.15, 0.2) is 5.69 Å². The van der Waals surface area contributed by atoms with Crippen LogP contribution in [0.2, 0.25) is 0 Å². The summed E-state index contributed by atoms with van der Waals surface area (Å²) in [5, 5.41) is 4.39. The Morgan fingerprint density at radius 2 is 1.91 bits per heavy atom. The molecule has 1 aromatic carbocycles. The maximum Gasteiger partial charge on any atom is 0.309 e. The van der Waals surface area contributed by atoms with Crippen LogP contribution >= 0.6 is 0 Å². The van der Waals surface area contributed by atoms with Crippen LogP contribution in [-0.2, 0) is 14.3 Å². The van der Waals surface area contributed by atoms with Crippen LogP contribution in [0.5, 0.6) is 5.75 Å². The zero-order chi connectivity index (χ0) is 23.3. The van der Waals surface area contributed by atoms with Gasteiger partial charge in [-0.05, 0) is 50.5 Å². The molecule has 2 aromatic rings. The Bertz CT molecular complexity index is 979. The van der Waals surface area contributed by atoms with E-state index < -0.39 is 0 Å². The van der Waals surface area contributed by atoms with Crippen LogP contribution in [0.3, 0.4) is 0 Å². The van der Waals surface area contributed by atoms with Crippen molar-refractivity contribution in [3.8, 4) is 11.4 Å². The van der Waals surface area contributed by atoms with E-state index in [9.17, 15) is 14.4 Å². The highest BCUT2D eigenvalue weighted by Crippen LogP contribution is 2.24. The Hall–Kier alpha value is -3.36. The van der Waals surface area contributed by atoms with Crippen LogP contribution in [-0.4, -0.2) is 77.8 Å². The monoisotopic (exact) mass is 442 g/mol. The van der Waals surface area contributed by atoms with Crippen molar-refractivity contribution in [3.05, 3.63) is 41.7 Å². The maximum atomic E-state index is 12.8. The second kappa shape index (κ2) is 10.3. The second-order valence-corrected chi connectivity index (χ2v) is 7.89. The van der Waals surface area contributed by atoms with Crippen molar-refractivity contribution < 1.29 is 23.9 Å². The Morgan fingerprint density at radius 3 is 2.56 bits per heavy atom. The lowest BCUT2D eigenvalue weighted by Gasteiger charge is -2.32. The number of piperidine rings is 1. The topological polar surface area (TPSA) is 94.0 Å². The SMILES string of the molecule is CCOC(=O)C1CCN(C(=O)CN(C)C(=O)c2ccn(-c3cc(C)ccc3OC)n2)CC1. The highest BCUT2D eigenvalue weighted by atomic mass is 16.5. The van der Waals surface area contributed by atoms with Gasteiger partial charge in [0.1, 0.15) is 11.4 Å². The normalized spacial score (nSPS) is 14.2. The van der Waals surface area contributed by atoms with Gasteiger partial charge in [0, 0.05) is 26.3 Å². The van der Waals surface area contributed by atoms with Gasteiger partial charge in [-0.1, -0.05) is 6.07 Å². The number of likely N-dealkylation sites (tertiary alicyclic amines) is 1. The number of likely N-dealkylation sites (N-methyl/N-ethyl adjacent to an activating group) is 1. The minimum absolute atomic E-state index is 0.0521. The van der Waals surface area contributed by atoms with E-state index in [-0.39, 0.29) is 35.9 Å². The highest BCUT2D eigenvalue weighted by molar-refractivity contribution is 5.94. The molecule has 1 aromatic heterocycles. The first-order valence-electron chi connectivity index (χ1n) is 10.7. The van der Waals surface area contributed by atoms with Crippen LogP contribution in [0, 0.1) is 12.8 Å². The molecular weight excluding hydrogens is 412 g/mol. The number of esters is 1. The average Bonchev–Trinajstić information content (AvgIpc) is 3.28. The molecule has 2 amide bonds. The molecule has 1 saturated heterocycles. The minimum atomic E-state index is -0.342. The first-order valence-corrected chi connectivity index (χ1v) is 10.7. The Labute approximate surface area is 187 Å². The van der Waals surface area contributed by atoms with Gasteiger partial charge in [0.05, 0.1) is 26.2 Å². The molecule has 0 N–H and O–H groups in total. The quantitative estimate of drug-likeness (QED) is 0.610. The fraction of sp³-hybridized carbons (Fsp3) is 0.478. The summed E-state index contributed by atoms with van der Waals surface area (Å²) in [4.78, 5) is 40.4. The molecule has 3 rings (SSSR count). The third-order valence-corrected chi connectivity index (χ3v) is 5.58. The molecule has 1 fully saturated rings. The second-order valence-electron chi connectivity index (χ2n) is 7.89. The maximum absolute atomic E-state index is 12.8. The molecule has 172 valence electrons. The standard InChI is InChI=1S/C23H30N4O5/c1-5-32-23(30)17-8-11-26(12-9-17)21(28)15-25(3)22(29)18-10-13-27(24-18)19-14-16(2)6-7-20(19)31-4/h6-7,10,13-14,17H,5,8-9,11-12,15H2,1-4H3. The van der Waals surface area contributed by atoms with Crippen LogP contribution in [0.1, 0.15) is 35.8 Å². The molecule has 0 saturated carbocycles. The summed E-state index contributed by atoms with van der Waals surface area (Å²) in [5.74, 6) is -0.214. The highest BCUT2D eigenvalue weighted by Gasteiger charge is 2.29. The third kappa shape index (κ3) is 5.27. The van der Waals surface area contributed by atoms with Crippen LogP contribution < -0.4 is 4.74 Å². The molecule has 1 aliphatic rings. The number of ether oxygens (including phenoxy) is 2. The van der Waals surface area contributed by atoms with Crippen LogP contribution in [0.15, 0.2) is 30.5 Å². The number of amides is 2. The lowest BCUT2D eigenvalue weighted by atomic mass is 9.97. The number of aromatic nitrogens is 2. The number of hydrogen-bond donors (Lipinski definition) is 0. The molecule has 0 bridgehead atoms. The van der Waals surface area contributed by atoms with Gasteiger partial charge in [0.25, 0.3) is 5.91 Å².